The number of nitrogen functional groups attached to an aromatic ring is 1. The van der Waals surface area contributed by atoms with Gasteiger partial charge in [-0.25, -0.2) is 4.79 Å². The zero-order valence-corrected chi connectivity index (χ0v) is 6.48. The largest absolute Gasteiger partial charge is 0.402 e. The number of nitrogens with two attached hydrogens (primary N) is 1. The normalized spacial score (nSPS) is 10.4. The Morgan fingerprint density at radius 1 is 1.77 bits per heavy atom. The van der Waals surface area contributed by atoms with Crippen molar-refractivity contribution in [2.75, 3.05) is 5.73 Å². The van der Waals surface area contributed by atoms with Crippen molar-refractivity contribution in [1.29, 1.82) is 0 Å². The summed E-state index contributed by atoms with van der Waals surface area (Å²) < 4.78 is 27.7. The number of nitrogens with zero attached hydrogens (tertiary/aromatic N) is 2. The smallest absolute Gasteiger partial charge is 0.389 e. The molecule has 0 amide bonds. The molecule has 1 rings (SSSR count). The van der Waals surface area contributed by atoms with Crippen molar-refractivity contribution in [3.8, 4) is 0 Å². The molecule has 7 heteroatoms. The summed E-state index contributed by atoms with van der Waals surface area (Å²) in [6.07, 6.45) is 1.39. The van der Waals surface area contributed by atoms with Crippen LogP contribution in [0.3, 0.4) is 0 Å². The fourth-order valence-electron chi connectivity index (χ4n) is 0.734. The van der Waals surface area contributed by atoms with Crippen LogP contribution in [0.1, 0.15) is 0 Å². The lowest BCUT2D eigenvalue weighted by atomic mass is 10.6. The lowest BCUT2D eigenvalue weighted by Crippen LogP contribution is -2.16. The van der Waals surface area contributed by atoms with E-state index in [2.05, 4.69) is 9.84 Å². The molecule has 0 aliphatic carbocycles. The first-order valence-electron chi connectivity index (χ1n) is 3.34. The third-order valence-corrected chi connectivity index (χ3v) is 1.17. The van der Waals surface area contributed by atoms with Gasteiger partial charge >= 0.3 is 12.6 Å². The number of aromatic nitrogens is 2. The molecule has 0 fully saturated rings. The van der Waals surface area contributed by atoms with E-state index in [9.17, 15) is 13.6 Å². The second kappa shape index (κ2) is 3.83. The fraction of sp³-hybridized carbons (Fsp3) is 0.333. The molecule has 0 atom stereocenters. The maximum Gasteiger partial charge on any atom is 0.389 e. The molecule has 0 saturated carbocycles. The number of carbonyl (C=O) groups is 1. The van der Waals surface area contributed by atoms with E-state index in [-0.39, 0.29) is 12.4 Å². The van der Waals surface area contributed by atoms with Gasteiger partial charge in [0.15, 0.2) is 0 Å². The van der Waals surface area contributed by atoms with E-state index in [1.807, 2.05) is 0 Å². The van der Waals surface area contributed by atoms with Crippen LogP contribution in [-0.2, 0) is 16.1 Å². The van der Waals surface area contributed by atoms with Gasteiger partial charge in [0.25, 0.3) is 0 Å². The second-order valence-electron chi connectivity index (χ2n) is 2.19. The van der Waals surface area contributed by atoms with Crippen LogP contribution in [0.5, 0.6) is 0 Å². The molecule has 1 heterocycles. The van der Waals surface area contributed by atoms with E-state index in [1.54, 1.807) is 0 Å². The maximum atomic E-state index is 11.5. The number of ether oxygens (including phenoxy) is 1. The molecule has 0 aromatic carbocycles. The number of esters is 1. The number of halogens is 2. The van der Waals surface area contributed by atoms with Gasteiger partial charge < -0.3 is 10.5 Å². The van der Waals surface area contributed by atoms with Crippen molar-refractivity contribution < 1.29 is 18.3 Å². The molecule has 13 heavy (non-hydrogen) atoms. The second-order valence-corrected chi connectivity index (χ2v) is 2.19. The summed E-state index contributed by atoms with van der Waals surface area (Å²) in [7, 11) is 0. The predicted molar refractivity (Wildman–Crippen MR) is 38.7 cm³/mol. The van der Waals surface area contributed by atoms with Crippen molar-refractivity contribution in [3.05, 3.63) is 12.3 Å². The van der Waals surface area contributed by atoms with Crippen molar-refractivity contribution >= 4 is 11.8 Å². The summed E-state index contributed by atoms with van der Waals surface area (Å²) in [6, 6.07) is 1.44. The molecule has 0 unspecified atom stereocenters. The highest BCUT2D eigenvalue weighted by Gasteiger charge is 2.11. The molecule has 0 spiro atoms. The summed E-state index contributed by atoms with van der Waals surface area (Å²) in [6.45, 7) is -3.47. The topological polar surface area (TPSA) is 70.1 Å². The molecule has 72 valence electrons. The molecular formula is C6H7F2N3O2. The number of rotatable bonds is 3. The first-order chi connectivity index (χ1) is 6.08. The molecule has 0 bridgehead atoms. The van der Waals surface area contributed by atoms with Gasteiger partial charge in [-0.1, -0.05) is 0 Å². The van der Waals surface area contributed by atoms with E-state index in [0.717, 1.165) is 4.68 Å². The number of hydrogen-bond acceptors (Lipinski definition) is 4. The highest BCUT2D eigenvalue weighted by molar-refractivity contribution is 5.69. The highest BCUT2D eigenvalue weighted by Crippen LogP contribution is 1.99. The standard InChI is InChI=1S/C6H7F2N3O2/c7-6(8)13-5(12)3-11-2-1-4(9)10-11/h1-2,6H,3H2,(H2,9,10). The van der Waals surface area contributed by atoms with Gasteiger partial charge in [-0.05, 0) is 6.07 Å². The van der Waals surface area contributed by atoms with Crippen LogP contribution in [0.25, 0.3) is 0 Å². The van der Waals surface area contributed by atoms with E-state index in [0.29, 0.717) is 0 Å². The Balaban J connectivity index is 2.45. The van der Waals surface area contributed by atoms with Gasteiger partial charge in [-0.15, -0.1) is 0 Å². The Morgan fingerprint density at radius 3 is 2.92 bits per heavy atom. The van der Waals surface area contributed by atoms with E-state index >= 15 is 0 Å². The molecule has 1 aromatic rings. The first kappa shape index (κ1) is 9.43. The Bertz CT molecular complexity index is 300. The van der Waals surface area contributed by atoms with Gasteiger partial charge in [0.2, 0.25) is 0 Å². The fourth-order valence-corrected chi connectivity index (χ4v) is 0.734. The summed E-state index contributed by atoms with van der Waals surface area (Å²) >= 11 is 0. The number of alkyl halides is 2. The zero-order valence-electron chi connectivity index (χ0n) is 6.48. The predicted octanol–water partition coefficient (Wildman–Crippen LogP) is 0.231. The maximum absolute atomic E-state index is 11.5. The van der Waals surface area contributed by atoms with Crippen LogP contribution in [0.2, 0.25) is 0 Å². The van der Waals surface area contributed by atoms with E-state index in [1.165, 1.54) is 12.3 Å². The Morgan fingerprint density at radius 2 is 2.46 bits per heavy atom. The van der Waals surface area contributed by atoms with E-state index in [4.69, 9.17) is 5.73 Å². The third kappa shape index (κ3) is 3.06. The van der Waals surface area contributed by atoms with Crippen LogP contribution in [0, 0.1) is 0 Å². The molecule has 0 aliphatic heterocycles. The summed E-state index contributed by atoms with van der Waals surface area (Å²) in [4.78, 5) is 10.6. The van der Waals surface area contributed by atoms with Crippen LogP contribution >= 0.6 is 0 Å². The minimum Gasteiger partial charge on any atom is -0.402 e. The zero-order chi connectivity index (χ0) is 9.84. The molecule has 2 N–H and O–H groups in total. The van der Waals surface area contributed by atoms with Crippen molar-refractivity contribution in [1.82, 2.24) is 9.78 Å². The van der Waals surface area contributed by atoms with Gasteiger partial charge in [-0.3, -0.25) is 4.68 Å². The summed E-state index contributed by atoms with van der Waals surface area (Å²) in [5.74, 6) is -0.844. The highest BCUT2D eigenvalue weighted by atomic mass is 19.3. The Labute approximate surface area is 72.1 Å². The van der Waals surface area contributed by atoms with Gasteiger partial charge in [-0.2, -0.15) is 13.9 Å². The number of anilines is 1. The molecule has 0 radical (unpaired) electrons. The summed E-state index contributed by atoms with van der Waals surface area (Å²) in [5, 5.41) is 3.61. The molecular weight excluding hydrogens is 184 g/mol. The lowest BCUT2D eigenvalue weighted by Gasteiger charge is -2.01. The molecule has 5 nitrogen and oxygen atoms in total. The average molecular weight is 191 g/mol. The summed E-state index contributed by atoms with van der Waals surface area (Å²) in [5.41, 5.74) is 5.22. The minimum absolute atomic E-state index is 0.213. The molecule has 0 saturated heterocycles. The van der Waals surface area contributed by atoms with Crippen LogP contribution in [0.15, 0.2) is 12.3 Å². The Hall–Kier alpha value is -1.66. The van der Waals surface area contributed by atoms with Gasteiger partial charge in [0.1, 0.15) is 12.4 Å². The van der Waals surface area contributed by atoms with Crippen LogP contribution in [0.4, 0.5) is 14.6 Å². The number of carbonyl (C=O) groups excluding carboxylic acids is 1. The SMILES string of the molecule is Nc1ccn(CC(=O)OC(F)F)n1. The monoisotopic (exact) mass is 191 g/mol. The quantitative estimate of drug-likeness (QED) is 0.694. The average Bonchev–Trinajstić information content (AvgIpc) is 2.33. The van der Waals surface area contributed by atoms with Crippen LogP contribution < -0.4 is 5.73 Å². The Kier molecular flexibility index (Phi) is 2.78. The first-order valence-corrected chi connectivity index (χ1v) is 3.34. The van der Waals surface area contributed by atoms with E-state index < -0.39 is 12.6 Å². The molecule has 0 aliphatic rings. The lowest BCUT2D eigenvalue weighted by molar-refractivity contribution is -0.177. The van der Waals surface area contributed by atoms with Gasteiger partial charge in [0.05, 0.1) is 0 Å². The third-order valence-electron chi connectivity index (χ3n) is 1.17. The van der Waals surface area contributed by atoms with Gasteiger partial charge in [0, 0.05) is 6.20 Å². The number of hydrogen-bond donors (Lipinski definition) is 1. The van der Waals surface area contributed by atoms with Crippen molar-refractivity contribution in [2.24, 2.45) is 0 Å². The minimum atomic E-state index is -3.10. The van der Waals surface area contributed by atoms with Crippen molar-refractivity contribution in [2.45, 2.75) is 13.2 Å². The van der Waals surface area contributed by atoms with Crippen molar-refractivity contribution in [3.63, 3.8) is 0 Å². The molecule has 1 aromatic heterocycles. The van der Waals surface area contributed by atoms with Crippen LogP contribution in [-0.4, -0.2) is 22.4 Å².